The molecule has 0 saturated heterocycles. The smallest absolute Gasteiger partial charge is 0.147 e. The van der Waals surface area contributed by atoms with Crippen molar-refractivity contribution in [3.8, 4) is 11.1 Å². The molecule has 1 aromatic heterocycles. The first kappa shape index (κ1) is 12.9. The van der Waals surface area contributed by atoms with E-state index in [1.807, 2.05) is 37.3 Å². The van der Waals surface area contributed by atoms with Gasteiger partial charge in [-0.3, -0.25) is 0 Å². The normalized spacial score (nSPS) is 10.5. The van der Waals surface area contributed by atoms with Crippen LogP contribution >= 0.6 is 11.5 Å². The number of nitrogens with one attached hydrogen (secondary N) is 1. The van der Waals surface area contributed by atoms with E-state index in [0.717, 1.165) is 29.3 Å². The van der Waals surface area contributed by atoms with Crippen molar-refractivity contribution in [2.45, 2.75) is 6.92 Å². The second-order valence-corrected chi connectivity index (χ2v) is 4.54. The molecule has 0 aliphatic carbocycles. The Kier molecular flexibility index (Phi) is 4.55. The van der Waals surface area contributed by atoms with E-state index in [0.29, 0.717) is 12.4 Å². The molecule has 5 heteroatoms. The maximum Gasteiger partial charge on any atom is 0.147 e. The Hall–Kier alpha value is -1.59. The van der Waals surface area contributed by atoms with Gasteiger partial charge in [0.2, 0.25) is 0 Å². The predicted molar refractivity (Wildman–Crippen MR) is 76.9 cm³/mol. The van der Waals surface area contributed by atoms with E-state index in [4.69, 9.17) is 10.5 Å². The van der Waals surface area contributed by atoms with Crippen LogP contribution in [-0.4, -0.2) is 24.1 Å². The summed E-state index contributed by atoms with van der Waals surface area (Å²) in [7, 11) is 0. The fraction of sp³-hybridized carbons (Fsp3) is 0.308. The Balaban J connectivity index is 2.12. The Bertz CT molecular complexity index is 484. The molecule has 2 aromatic rings. The summed E-state index contributed by atoms with van der Waals surface area (Å²) in [6, 6.07) is 10.1. The van der Waals surface area contributed by atoms with E-state index in [1.54, 1.807) is 0 Å². The molecule has 0 saturated carbocycles. The quantitative estimate of drug-likeness (QED) is 0.787. The van der Waals surface area contributed by atoms with E-state index in [-0.39, 0.29) is 0 Å². The predicted octanol–water partition coefficient (Wildman–Crippen LogP) is 2.84. The number of nitrogens with two attached hydrogens (primary N) is 1. The average molecular weight is 263 g/mol. The molecule has 18 heavy (non-hydrogen) atoms. The number of ether oxygens (including phenoxy) is 1. The number of benzene rings is 1. The van der Waals surface area contributed by atoms with E-state index in [1.165, 1.54) is 11.5 Å². The highest BCUT2D eigenvalue weighted by molar-refractivity contribution is 7.11. The van der Waals surface area contributed by atoms with Crippen LogP contribution in [0.3, 0.4) is 0 Å². The molecule has 0 aliphatic rings. The summed E-state index contributed by atoms with van der Waals surface area (Å²) in [4.78, 5) is 0. The Morgan fingerprint density at radius 3 is 2.83 bits per heavy atom. The molecule has 0 bridgehead atoms. The van der Waals surface area contributed by atoms with Crippen molar-refractivity contribution in [3.05, 3.63) is 30.3 Å². The molecular formula is C13H17N3OS. The summed E-state index contributed by atoms with van der Waals surface area (Å²) < 4.78 is 9.51. The van der Waals surface area contributed by atoms with Crippen LogP contribution in [0.4, 0.5) is 10.8 Å². The zero-order valence-corrected chi connectivity index (χ0v) is 11.2. The highest BCUT2D eigenvalue weighted by atomic mass is 32.1. The van der Waals surface area contributed by atoms with Crippen LogP contribution in [0, 0.1) is 0 Å². The minimum atomic E-state index is 0.574. The fourth-order valence-corrected chi connectivity index (χ4v) is 2.45. The van der Waals surface area contributed by atoms with Gasteiger partial charge in [0.15, 0.2) is 0 Å². The molecule has 0 atom stereocenters. The van der Waals surface area contributed by atoms with Crippen molar-refractivity contribution >= 4 is 22.4 Å². The van der Waals surface area contributed by atoms with Gasteiger partial charge in [-0.05, 0) is 24.0 Å². The monoisotopic (exact) mass is 263 g/mol. The van der Waals surface area contributed by atoms with Gasteiger partial charge in [0.05, 0.1) is 12.2 Å². The van der Waals surface area contributed by atoms with Gasteiger partial charge >= 0.3 is 0 Å². The van der Waals surface area contributed by atoms with Crippen molar-refractivity contribution in [2.24, 2.45) is 0 Å². The van der Waals surface area contributed by atoms with Crippen LogP contribution < -0.4 is 11.1 Å². The maximum atomic E-state index is 5.93. The first-order chi connectivity index (χ1) is 8.83. The molecule has 96 valence electrons. The second-order valence-electron chi connectivity index (χ2n) is 3.76. The van der Waals surface area contributed by atoms with Gasteiger partial charge in [0, 0.05) is 13.2 Å². The standard InChI is InChI=1S/C13H17N3OS/c1-2-17-9-8-15-13-11(12(14)16-18-13)10-6-4-3-5-7-10/h3-7,15H,2,8-9H2,1H3,(H2,14,16). The lowest BCUT2D eigenvalue weighted by Crippen LogP contribution is -2.08. The Morgan fingerprint density at radius 2 is 2.11 bits per heavy atom. The molecule has 0 aliphatic heterocycles. The Labute approximate surface area is 111 Å². The molecule has 0 unspecified atom stereocenters. The van der Waals surface area contributed by atoms with Crippen molar-refractivity contribution in [2.75, 3.05) is 30.8 Å². The van der Waals surface area contributed by atoms with Crippen LogP contribution in [-0.2, 0) is 4.74 Å². The van der Waals surface area contributed by atoms with Crippen molar-refractivity contribution in [1.82, 2.24) is 4.37 Å². The number of nitrogens with zero attached hydrogens (tertiary/aromatic N) is 1. The van der Waals surface area contributed by atoms with E-state index >= 15 is 0 Å². The highest BCUT2D eigenvalue weighted by Gasteiger charge is 2.12. The SMILES string of the molecule is CCOCCNc1snc(N)c1-c1ccccc1. The molecule has 1 aromatic carbocycles. The molecule has 0 amide bonds. The molecule has 3 N–H and O–H groups in total. The lowest BCUT2D eigenvalue weighted by atomic mass is 10.1. The molecule has 1 heterocycles. The van der Waals surface area contributed by atoms with E-state index < -0.39 is 0 Å². The summed E-state index contributed by atoms with van der Waals surface area (Å²) in [5, 5.41) is 4.32. The Morgan fingerprint density at radius 1 is 1.33 bits per heavy atom. The minimum Gasteiger partial charge on any atom is -0.382 e. The number of anilines is 2. The molecule has 0 radical (unpaired) electrons. The highest BCUT2D eigenvalue weighted by Crippen LogP contribution is 2.36. The van der Waals surface area contributed by atoms with Crippen molar-refractivity contribution in [3.63, 3.8) is 0 Å². The first-order valence-corrected chi connectivity index (χ1v) is 6.72. The third-order valence-electron chi connectivity index (χ3n) is 2.52. The average Bonchev–Trinajstić information content (AvgIpc) is 2.77. The van der Waals surface area contributed by atoms with Crippen LogP contribution in [0.1, 0.15) is 6.92 Å². The van der Waals surface area contributed by atoms with Crippen LogP contribution in [0.15, 0.2) is 30.3 Å². The lowest BCUT2D eigenvalue weighted by Gasteiger charge is -2.07. The molecule has 0 fully saturated rings. The van der Waals surface area contributed by atoms with Gasteiger partial charge in [-0.25, -0.2) is 0 Å². The summed E-state index contributed by atoms with van der Waals surface area (Å²) >= 11 is 1.39. The number of aromatic nitrogens is 1. The minimum absolute atomic E-state index is 0.574. The molecule has 0 spiro atoms. The van der Waals surface area contributed by atoms with Crippen LogP contribution in [0.5, 0.6) is 0 Å². The third kappa shape index (κ3) is 3.00. The van der Waals surface area contributed by atoms with Gasteiger partial charge in [0.25, 0.3) is 0 Å². The van der Waals surface area contributed by atoms with Gasteiger partial charge in [-0.2, -0.15) is 4.37 Å². The first-order valence-electron chi connectivity index (χ1n) is 5.95. The lowest BCUT2D eigenvalue weighted by molar-refractivity contribution is 0.158. The summed E-state index contributed by atoms with van der Waals surface area (Å²) in [6.45, 7) is 4.16. The maximum absolute atomic E-state index is 5.93. The third-order valence-corrected chi connectivity index (χ3v) is 3.34. The summed E-state index contributed by atoms with van der Waals surface area (Å²) in [5.74, 6) is 0.574. The number of rotatable bonds is 6. The van der Waals surface area contributed by atoms with Crippen LogP contribution in [0.25, 0.3) is 11.1 Å². The van der Waals surface area contributed by atoms with Gasteiger partial charge in [0.1, 0.15) is 10.8 Å². The van der Waals surface area contributed by atoms with Gasteiger partial charge in [-0.15, -0.1) is 0 Å². The summed E-state index contributed by atoms with van der Waals surface area (Å²) in [5.41, 5.74) is 8.00. The topological polar surface area (TPSA) is 60.2 Å². The van der Waals surface area contributed by atoms with E-state index in [2.05, 4.69) is 9.69 Å². The second kappa shape index (κ2) is 6.37. The van der Waals surface area contributed by atoms with Gasteiger partial charge < -0.3 is 15.8 Å². The zero-order valence-electron chi connectivity index (χ0n) is 10.3. The van der Waals surface area contributed by atoms with Gasteiger partial charge in [-0.1, -0.05) is 30.3 Å². The van der Waals surface area contributed by atoms with Crippen molar-refractivity contribution < 1.29 is 4.74 Å². The summed E-state index contributed by atoms with van der Waals surface area (Å²) in [6.07, 6.45) is 0. The molecule has 4 nitrogen and oxygen atoms in total. The van der Waals surface area contributed by atoms with Crippen LogP contribution in [0.2, 0.25) is 0 Å². The molecule has 2 rings (SSSR count). The zero-order chi connectivity index (χ0) is 12.8. The molecular weight excluding hydrogens is 246 g/mol. The number of hydrogen-bond acceptors (Lipinski definition) is 5. The number of nitrogen functional groups attached to an aromatic ring is 1. The van der Waals surface area contributed by atoms with E-state index in [9.17, 15) is 0 Å². The fourth-order valence-electron chi connectivity index (χ4n) is 1.69. The largest absolute Gasteiger partial charge is 0.382 e. The van der Waals surface area contributed by atoms with Crippen molar-refractivity contribution in [1.29, 1.82) is 0 Å². The number of hydrogen-bond donors (Lipinski definition) is 2.